The molecule has 5 atom stereocenters. The van der Waals surface area contributed by atoms with E-state index in [0.717, 1.165) is 16.7 Å². The van der Waals surface area contributed by atoms with E-state index in [4.69, 9.17) is 5.73 Å². The molecule has 1 amide bonds. The lowest BCUT2D eigenvalue weighted by Crippen LogP contribution is -2.59. The average Bonchev–Trinajstić information content (AvgIpc) is 3.79. The number of Topliss-reactive ketones (excluding diaryl/α,β-unsaturated/α-hetero) is 1. The van der Waals surface area contributed by atoms with Gasteiger partial charge in [0.25, 0.3) is 0 Å². The van der Waals surface area contributed by atoms with Gasteiger partial charge in [-0.1, -0.05) is 97.9 Å². The average molecular weight is 541 g/mol. The molecule has 3 unspecified atom stereocenters. The molecule has 5 rings (SSSR count). The fourth-order valence-electron chi connectivity index (χ4n) is 6.03. The second-order valence-electron chi connectivity index (χ2n) is 10.7. The van der Waals surface area contributed by atoms with Crippen LogP contribution in [0.5, 0.6) is 0 Å². The molecule has 0 spiro atoms. The number of hydrogen-bond acceptors (Lipinski definition) is 6. The van der Waals surface area contributed by atoms with Gasteiger partial charge in [-0.2, -0.15) is 0 Å². The van der Waals surface area contributed by atoms with E-state index in [9.17, 15) is 19.5 Å². The summed E-state index contributed by atoms with van der Waals surface area (Å²) in [6.07, 6.45) is -0.0202. The van der Waals surface area contributed by atoms with Gasteiger partial charge < -0.3 is 21.1 Å². The van der Waals surface area contributed by atoms with Gasteiger partial charge in [0.05, 0.1) is 11.6 Å². The number of aliphatic carboxylic acids is 1. The van der Waals surface area contributed by atoms with E-state index in [1.807, 2.05) is 54.6 Å². The summed E-state index contributed by atoms with van der Waals surface area (Å²) >= 11 is 0. The molecule has 2 heterocycles. The fraction of sp³-hybridized carbons (Fsp3) is 0.344. The van der Waals surface area contributed by atoms with E-state index in [1.165, 1.54) is 0 Å². The Labute approximate surface area is 234 Å². The molecular formula is C32H36N4O4. The largest absolute Gasteiger partial charge is 0.480 e. The Morgan fingerprint density at radius 3 is 1.88 bits per heavy atom. The molecule has 2 aliphatic heterocycles. The summed E-state index contributed by atoms with van der Waals surface area (Å²) in [6, 6.07) is 28.5. The standard InChI is InChI=1S/C32H36N4O4/c1-22(29(33)31(39)40)19-28(37)35-18-17-34-20-26(35)30(38)27-21-36(27)32(23-11-5-2-6-12-23,24-13-7-3-8-14-24)25-15-9-4-10-16-25/h2-16,22,26-27,29,34H,17-21,33H2,1H3,(H,39,40)/t22?,26?,27-,29-,36?/m0/s1. The van der Waals surface area contributed by atoms with Crippen molar-refractivity contribution in [1.29, 1.82) is 0 Å². The number of carboxylic acids is 1. The Bertz CT molecular complexity index is 1240. The van der Waals surface area contributed by atoms with Gasteiger partial charge in [0.1, 0.15) is 12.1 Å². The predicted octanol–water partition coefficient (Wildman–Crippen LogP) is 2.47. The molecule has 208 valence electrons. The zero-order valence-electron chi connectivity index (χ0n) is 22.6. The second kappa shape index (κ2) is 11.7. The number of rotatable bonds is 10. The minimum atomic E-state index is -1.14. The highest BCUT2D eigenvalue weighted by Crippen LogP contribution is 2.48. The lowest BCUT2D eigenvalue weighted by Gasteiger charge is -2.39. The van der Waals surface area contributed by atoms with Gasteiger partial charge in [-0.25, -0.2) is 0 Å². The molecule has 3 aromatic rings. The van der Waals surface area contributed by atoms with Crippen molar-refractivity contribution >= 4 is 17.7 Å². The third kappa shape index (κ3) is 5.18. The Morgan fingerprint density at radius 1 is 0.900 bits per heavy atom. The Hall–Kier alpha value is -3.85. The van der Waals surface area contributed by atoms with Crippen LogP contribution in [0.25, 0.3) is 0 Å². The summed E-state index contributed by atoms with van der Waals surface area (Å²) in [4.78, 5) is 42.7. The van der Waals surface area contributed by atoms with Crippen LogP contribution in [0.2, 0.25) is 0 Å². The van der Waals surface area contributed by atoms with Crippen LogP contribution in [0.15, 0.2) is 91.0 Å². The summed E-state index contributed by atoms with van der Waals surface area (Å²) in [5, 5.41) is 12.5. The fourth-order valence-corrected chi connectivity index (χ4v) is 6.03. The second-order valence-corrected chi connectivity index (χ2v) is 10.7. The van der Waals surface area contributed by atoms with Crippen LogP contribution in [0, 0.1) is 5.92 Å². The molecule has 40 heavy (non-hydrogen) atoms. The van der Waals surface area contributed by atoms with Crippen LogP contribution in [-0.2, 0) is 19.9 Å². The lowest BCUT2D eigenvalue weighted by molar-refractivity contribution is -0.143. The van der Waals surface area contributed by atoms with Crippen LogP contribution in [0.4, 0.5) is 0 Å². The first-order chi connectivity index (χ1) is 19.4. The van der Waals surface area contributed by atoms with Crippen molar-refractivity contribution in [2.75, 3.05) is 26.2 Å². The number of amides is 1. The van der Waals surface area contributed by atoms with Crippen molar-refractivity contribution < 1.29 is 19.5 Å². The number of benzene rings is 3. The summed E-state index contributed by atoms with van der Waals surface area (Å²) in [5.74, 6) is -1.93. The number of hydrogen-bond donors (Lipinski definition) is 3. The Balaban J connectivity index is 1.48. The van der Waals surface area contributed by atoms with E-state index in [2.05, 4.69) is 46.6 Å². The first-order valence-corrected chi connectivity index (χ1v) is 13.8. The molecule has 0 saturated carbocycles. The number of carbonyl (C=O) groups is 3. The number of nitrogens with zero attached hydrogens (tertiary/aromatic N) is 2. The highest BCUT2D eigenvalue weighted by atomic mass is 16.4. The third-order valence-corrected chi connectivity index (χ3v) is 8.23. The molecule has 2 fully saturated rings. The maximum atomic E-state index is 14.2. The molecule has 8 nitrogen and oxygen atoms in total. The Kier molecular flexibility index (Phi) is 8.12. The van der Waals surface area contributed by atoms with E-state index in [0.29, 0.717) is 26.2 Å². The van der Waals surface area contributed by atoms with Crippen LogP contribution >= 0.6 is 0 Å². The maximum absolute atomic E-state index is 14.2. The van der Waals surface area contributed by atoms with E-state index in [-0.39, 0.29) is 24.2 Å². The molecule has 3 aromatic carbocycles. The molecular weight excluding hydrogens is 504 g/mol. The number of carbonyl (C=O) groups excluding carboxylic acids is 2. The topological polar surface area (TPSA) is 116 Å². The van der Waals surface area contributed by atoms with E-state index >= 15 is 0 Å². The molecule has 0 radical (unpaired) electrons. The number of carboxylic acid groups (broad SMARTS) is 1. The Morgan fingerprint density at radius 2 is 1.40 bits per heavy atom. The van der Waals surface area contributed by atoms with E-state index < -0.39 is 29.5 Å². The molecule has 2 saturated heterocycles. The number of ketones is 1. The van der Waals surface area contributed by atoms with Crippen molar-refractivity contribution in [3.05, 3.63) is 108 Å². The molecule has 0 bridgehead atoms. The van der Waals surface area contributed by atoms with Crippen molar-refractivity contribution in [1.82, 2.24) is 15.1 Å². The number of nitrogens with one attached hydrogen (secondary N) is 1. The van der Waals surface area contributed by atoms with Crippen LogP contribution in [-0.4, -0.2) is 76.9 Å². The van der Waals surface area contributed by atoms with Gasteiger partial charge in [0.2, 0.25) is 5.91 Å². The van der Waals surface area contributed by atoms with Gasteiger partial charge in [0, 0.05) is 32.6 Å². The molecule has 0 aromatic heterocycles. The first-order valence-electron chi connectivity index (χ1n) is 13.8. The van der Waals surface area contributed by atoms with Gasteiger partial charge in [-0.05, 0) is 22.6 Å². The minimum Gasteiger partial charge on any atom is -0.480 e. The molecule has 8 heteroatoms. The normalized spacial score (nSPS) is 22.2. The zero-order valence-corrected chi connectivity index (χ0v) is 22.6. The molecule has 2 aliphatic rings. The highest BCUT2D eigenvalue weighted by Gasteiger charge is 2.57. The highest BCUT2D eigenvalue weighted by molar-refractivity contribution is 5.95. The van der Waals surface area contributed by atoms with Crippen molar-refractivity contribution in [3.63, 3.8) is 0 Å². The number of piperazine rings is 1. The quantitative estimate of drug-likeness (QED) is 0.267. The van der Waals surface area contributed by atoms with Crippen LogP contribution < -0.4 is 11.1 Å². The monoisotopic (exact) mass is 540 g/mol. The zero-order chi connectivity index (χ0) is 28.3. The van der Waals surface area contributed by atoms with Crippen molar-refractivity contribution in [3.8, 4) is 0 Å². The van der Waals surface area contributed by atoms with Crippen LogP contribution in [0.3, 0.4) is 0 Å². The summed E-state index contributed by atoms with van der Waals surface area (Å²) in [7, 11) is 0. The summed E-state index contributed by atoms with van der Waals surface area (Å²) in [6.45, 7) is 3.54. The minimum absolute atomic E-state index is 0.0112. The van der Waals surface area contributed by atoms with Gasteiger partial charge in [0.15, 0.2) is 5.78 Å². The first kappa shape index (κ1) is 27.7. The van der Waals surface area contributed by atoms with E-state index in [1.54, 1.807) is 11.8 Å². The van der Waals surface area contributed by atoms with Crippen molar-refractivity contribution in [2.45, 2.75) is 37.0 Å². The predicted molar refractivity (Wildman–Crippen MR) is 152 cm³/mol. The maximum Gasteiger partial charge on any atom is 0.320 e. The lowest BCUT2D eigenvalue weighted by atomic mass is 9.76. The SMILES string of the molecule is CC(CC(=O)N1CCNCC1C(=O)[C@@H]1CN1C(c1ccccc1)(c1ccccc1)c1ccccc1)[C@H](N)C(=O)O. The third-order valence-electron chi connectivity index (χ3n) is 8.23. The van der Waals surface area contributed by atoms with Gasteiger partial charge in [-0.15, -0.1) is 0 Å². The van der Waals surface area contributed by atoms with Gasteiger partial charge >= 0.3 is 5.97 Å². The van der Waals surface area contributed by atoms with Gasteiger partial charge in [-0.3, -0.25) is 19.3 Å². The molecule has 0 aliphatic carbocycles. The summed E-state index contributed by atoms with van der Waals surface area (Å²) < 4.78 is 0. The van der Waals surface area contributed by atoms with Crippen molar-refractivity contribution in [2.24, 2.45) is 11.7 Å². The molecule has 4 N–H and O–H groups in total. The smallest absolute Gasteiger partial charge is 0.320 e. The number of nitrogens with two attached hydrogens (primary N) is 1. The summed E-state index contributed by atoms with van der Waals surface area (Å²) in [5.41, 5.74) is 8.27. The van der Waals surface area contributed by atoms with Crippen LogP contribution in [0.1, 0.15) is 30.0 Å².